The monoisotopic (exact) mass is 231 g/mol. The molecule has 0 aliphatic heterocycles. The highest BCUT2D eigenvalue weighted by Gasteiger charge is 2.20. The van der Waals surface area contributed by atoms with Crippen LogP contribution in [0.2, 0.25) is 0 Å². The van der Waals surface area contributed by atoms with E-state index in [1.165, 1.54) is 0 Å². The molecule has 0 aliphatic rings. The average Bonchev–Trinajstić information content (AvgIpc) is 1.95. The molecule has 0 amide bonds. The third-order valence-electron chi connectivity index (χ3n) is 1.58. The first-order valence-corrected chi connectivity index (χ1v) is 5.61. The summed E-state index contributed by atoms with van der Waals surface area (Å²) in [6, 6.07) is -0.311. The normalized spacial score (nSPS) is 14.7. The molecule has 1 atom stereocenters. The van der Waals surface area contributed by atoms with Gasteiger partial charge in [-0.05, 0) is 41.5 Å². The van der Waals surface area contributed by atoms with Gasteiger partial charge in [0.15, 0.2) is 0 Å². The largest absolute Gasteiger partial charge is 0.460 e. The molecule has 2 N–H and O–H groups in total. The molecule has 16 heavy (non-hydrogen) atoms. The molecule has 0 unspecified atom stereocenters. The van der Waals surface area contributed by atoms with Crippen LogP contribution in [0.3, 0.4) is 0 Å². The molecule has 0 bridgehead atoms. The molecule has 0 aliphatic carbocycles. The van der Waals surface area contributed by atoms with Crippen molar-refractivity contribution >= 4 is 5.97 Å². The van der Waals surface area contributed by atoms with E-state index in [4.69, 9.17) is 15.2 Å². The number of carbonyl (C=O) groups excluding carboxylic acids is 1. The molecule has 0 radical (unpaired) electrons. The Morgan fingerprint density at radius 2 is 1.62 bits per heavy atom. The topological polar surface area (TPSA) is 61.5 Å². The van der Waals surface area contributed by atoms with Gasteiger partial charge in [0.2, 0.25) is 0 Å². The number of esters is 1. The Morgan fingerprint density at radius 1 is 1.12 bits per heavy atom. The summed E-state index contributed by atoms with van der Waals surface area (Å²) in [7, 11) is 0. The van der Waals surface area contributed by atoms with Crippen molar-refractivity contribution in [3.63, 3.8) is 0 Å². The van der Waals surface area contributed by atoms with Crippen molar-refractivity contribution in [1.29, 1.82) is 0 Å². The lowest BCUT2D eigenvalue weighted by atomic mass is 10.1. The Hall–Kier alpha value is -0.610. The molecule has 4 nitrogen and oxygen atoms in total. The second kappa shape index (κ2) is 5.64. The van der Waals surface area contributed by atoms with E-state index < -0.39 is 5.60 Å². The fraction of sp³-hybridized carbons (Fsp3) is 0.917. The second-order valence-corrected chi connectivity index (χ2v) is 5.97. The molecule has 0 heterocycles. The molecule has 0 aromatic heterocycles. The summed E-state index contributed by atoms with van der Waals surface area (Å²) in [4.78, 5) is 11.4. The standard InChI is InChI=1S/C12H25NO3/c1-11(2,3)15-8-9(13)7-10(14)16-12(4,5)6/h9H,7-8,13H2,1-6H3/t9-/m1/s1. The van der Waals surface area contributed by atoms with Crippen molar-refractivity contribution in [2.24, 2.45) is 5.73 Å². The molecule has 0 saturated heterocycles. The molecular formula is C12H25NO3. The van der Waals surface area contributed by atoms with Crippen LogP contribution in [0.5, 0.6) is 0 Å². The zero-order valence-corrected chi connectivity index (χ0v) is 11.3. The van der Waals surface area contributed by atoms with Gasteiger partial charge in [0, 0.05) is 6.04 Å². The van der Waals surface area contributed by atoms with Crippen molar-refractivity contribution in [2.45, 2.75) is 65.2 Å². The molecule has 0 fully saturated rings. The molecule has 0 rings (SSSR count). The van der Waals surface area contributed by atoms with E-state index in [0.717, 1.165) is 0 Å². The van der Waals surface area contributed by atoms with Crippen molar-refractivity contribution in [2.75, 3.05) is 6.61 Å². The number of rotatable bonds is 4. The van der Waals surface area contributed by atoms with E-state index in [1.54, 1.807) is 0 Å². The number of hydrogen-bond acceptors (Lipinski definition) is 4. The van der Waals surface area contributed by atoms with E-state index in [-0.39, 0.29) is 24.0 Å². The minimum absolute atomic E-state index is 0.188. The maximum Gasteiger partial charge on any atom is 0.307 e. The van der Waals surface area contributed by atoms with Gasteiger partial charge < -0.3 is 15.2 Å². The molecule has 0 aromatic carbocycles. The van der Waals surface area contributed by atoms with E-state index in [0.29, 0.717) is 6.61 Å². The minimum Gasteiger partial charge on any atom is -0.460 e. The summed E-state index contributed by atoms with van der Waals surface area (Å²) < 4.78 is 10.7. The molecule has 96 valence electrons. The van der Waals surface area contributed by atoms with Crippen molar-refractivity contribution < 1.29 is 14.3 Å². The Kier molecular flexibility index (Phi) is 5.42. The van der Waals surface area contributed by atoms with Crippen LogP contribution in [-0.2, 0) is 14.3 Å². The quantitative estimate of drug-likeness (QED) is 0.750. The molecule has 0 aromatic rings. The van der Waals surface area contributed by atoms with Crippen molar-refractivity contribution in [3.05, 3.63) is 0 Å². The molecule has 4 heteroatoms. The van der Waals surface area contributed by atoms with Gasteiger partial charge in [0.05, 0.1) is 18.6 Å². The fourth-order valence-corrected chi connectivity index (χ4v) is 1.01. The molecule has 0 saturated carbocycles. The summed E-state index contributed by atoms with van der Waals surface area (Å²) in [6.07, 6.45) is 0.188. The number of nitrogens with two attached hydrogens (primary N) is 1. The Balaban J connectivity index is 3.88. The highest BCUT2D eigenvalue weighted by molar-refractivity contribution is 5.70. The van der Waals surface area contributed by atoms with Crippen LogP contribution in [0.1, 0.15) is 48.0 Å². The third-order valence-corrected chi connectivity index (χ3v) is 1.58. The highest BCUT2D eigenvalue weighted by Crippen LogP contribution is 2.11. The lowest BCUT2D eigenvalue weighted by Crippen LogP contribution is -2.35. The van der Waals surface area contributed by atoms with Gasteiger partial charge in [0.25, 0.3) is 0 Å². The first kappa shape index (κ1) is 15.4. The smallest absolute Gasteiger partial charge is 0.307 e. The summed E-state index contributed by atoms with van der Waals surface area (Å²) in [5, 5.41) is 0. The van der Waals surface area contributed by atoms with Crippen LogP contribution < -0.4 is 5.73 Å². The maximum atomic E-state index is 11.4. The average molecular weight is 231 g/mol. The highest BCUT2D eigenvalue weighted by atomic mass is 16.6. The summed E-state index contributed by atoms with van der Waals surface area (Å²) in [5.74, 6) is -0.280. The fourth-order valence-electron chi connectivity index (χ4n) is 1.01. The van der Waals surface area contributed by atoms with E-state index in [2.05, 4.69) is 0 Å². The summed E-state index contributed by atoms with van der Waals surface area (Å²) in [5.41, 5.74) is 5.09. The Morgan fingerprint density at radius 3 is 2.00 bits per heavy atom. The van der Waals surface area contributed by atoms with Gasteiger partial charge in [-0.15, -0.1) is 0 Å². The van der Waals surface area contributed by atoms with Crippen LogP contribution in [0, 0.1) is 0 Å². The zero-order chi connectivity index (χ0) is 13.0. The SMILES string of the molecule is CC(C)(C)OC[C@H](N)CC(=O)OC(C)(C)C. The summed E-state index contributed by atoms with van der Waals surface area (Å²) >= 11 is 0. The lowest BCUT2D eigenvalue weighted by Gasteiger charge is -2.24. The predicted molar refractivity (Wildman–Crippen MR) is 64.1 cm³/mol. The van der Waals surface area contributed by atoms with Gasteiger partial charge in [-0.2, -0.15) is 0 Å². The lowest BCUT2D eigenvalue weighted by molar-refractivity contribution is -0.155. The number of ether oxygens (including phenoxy) is 2. The minimum atomic E-state index is -0.457. The van der Waals surface area contributed by atoms with Crippen molar-refractivity contribution in [3.8, 4) is 0 Å². The van der Waals surface area contributed by atoms with Crippen LogP contribution in [0.4, 0.5) is 0 Å². The van der Waals surface area contributed by atoms with Gasteiger partial charge in [-0.3, -0.25) is 4.79 Å². The first-order chi connectivity index (χ1) is 6.99. The van der Waals surface area contributed by atoms with E-state index in [9.17, 15) is 4.79 Å². The van der Waals surface area contributed by atoms with Gasteiger partial charge in [-0.25, -0.2) is 0 Å². The number of carbonyl (C=O) groups is 1. The molecule has 0 spiro atoms. The van der Waals surface area contributed by atoms with Crippen LogP contribution >= 0.6 is 0 Å². The third kappa shape index (κ3) is 9.93. The molecular weight excluding hydrogens is 206 g/mol. The number of hydrogen-bond donors (Lipinski definition) is 1. The van der Waals surface area contributed by atoms with E-state index >= 15 is 0 Å². The maximum absolute atomic E-state index is 11.4. The van der Waals surface area contributed by atoms with Gasteiger partial charge >= 0.3 is 5.97 Å². The van der Waals surface area contributed by atoms with Crippen molar-refractivity contribution in [1.82, 2.24) is 0 Å². The van der Waals surface area contributed by atoms with E-state index in [1.807, 2.05) is 41.5 Å². The Labute approximate surface area is 98.5 Å². The van der Waals surface area contributed by atoms with Crippen LogP contribution in [0.15, 0.2) is 0 Å². The van der Waals surface area contributed by atoms with Crippen LogP contribution in [-0.4, -0.2) is 29.8 Å². The summed E-state index contributed by atoms with van der Waals surface area (Å²) in [6.45, 7) is 11.7. The zero-order valence-electron chi connectivity index (χ0n) is 11.3. The van der Waals surface area contributed by atoms with Crippen LogP contribution in [0.25, 0.3) is 0 Å². The first-order valence-electron chi connectivity index (χ1n) is 5.61. The predicted octanol–water partition coefficient (Wildman–Crippen LogP) is 1.86. The van der Waals surface area contributed by atoms with Gasteiger partial charge in [-0.1, -0.05) is 0 Å². The van der Waals surface area contributed by atoms with Gasteiger partial charge in [0.1, 0.15) is 5.60 Å². The Bertz CT molecular complexity index is 225. The second-order valence-electron chi connectivity index (χ2n) is 5.97.